The molecule has 9 aromatic carbocycles. The molecule has 0 spiro atoms. The van der Waals surface area contributed by atoms with Crippen molar-refractivity contribution in [3.63, 3.8) is 0 Å². The number of rotatable bonds is 6. The molecule has 0 radical (unpaired) electrons. The molecule has 0 atom stereocenters. The topological polar surface area (TPSA) is 8.17 Å². The number of aromatic nitrogens is 1. The van der Waals surface area contributed by atoms with E-state index in [4.69, 9.17) is 0 Å². The van der Waals surface area contributed by atoms with Gasteiger partial charge in [-0.05, 0) is 82.1 Å². The minimum Gasteiger partial charge on any atom is -0.308 e. The smallest absolute Gasteiger partial charge is 0.0702 e. The molecule has 3 heteroatoms. The van der Waals surface area contributed by atoms with Crippen LogP contribution in [0.25, 0.3) is 80.7 Å². The average molecular weight is 719 g/mol. The molecule has 2 heterocycles. The molecule has 2 nitrogen and oxygen atoms in total. The van der Waals surface area contributed by atoms with E-state index in [2.05, 4.69) is 216 Å². The van der Waals surface area contributed by atoms with Gasteiger partial charge in [0.15, 0.2) is 0 Å². The maximum Gasteiger partial charge on any atom is 0.0702 e. The molecule has 0 amide bonds. The van der Waals surface area contributed by atoms with E-state index in [1.807, 2.05) is 11.3 Å². The minimum absolute atomic E-state index is 1.09. The molecular weight excluding hydrogens is 685 g/mol. The van der Waals surface area contributed by atoms with Gasteiger partial charge in [0, 0.05) is 42.2 Å². The van der Waals surface area contributed by atoms with Gasteiger partial charge in [-0.2, -0.15) is 0 Å². The summed E-state index contributed by atoms with van der Waals surface area (Å²) in [5.41, 5.74) is 11.6. The van der Waals surface area contributed by atoms with Crippen LogP contribution in [0.1, 0.15) is 0 Å². The Bertz CT molecular complexity index is 3160. The summed E-state index contributed by atoms with van der Waals surface area (Å²) in [7, 11) is 0. The number of anilines is 3. The van der Waals surface area contributed by atoms with Crippen LogP contribution in [0.4, 0.5) is 17.1 Å². The van der Waals surface area contributed by atoms with Crippen LogP contribution in [-0.4, -0.2) is 4.57 Å². The summed E-state index contributed by atoms with van der Waals surface area (Å²) in [5.74, 6) is 0. The molecule has 2 aromatic heterocycles. The molecule has 0 saturated heterocycles. The largest absolute Gasteiger partial charge is 0.308 e. The quantitative estimate of drug-likeness (QED) is 0.166. The van der Waals surface area contributed by atoms with E-state index >= 15 is 0 Å². The van der Waals surface area contributed by atoms with Gasteiger partial charge in [-0.15, -0.1) is 11.3 Å². The lowest BCUT2D eigenvalue weighted by atomic mass is 9.97. The number of thiophene rings is 1. The molecule has 0 unspecified atom stereocenters. The maximum absolute atomic E-state index is 2.45. The fraction of sp³-hybridized carbons (Fsp3) is 0. The normalized spacial score (nSPS) is 11.6. The molecule has 0 N–H and O–H groups in total. The summed E-state index contributed by atoms with van der Waals surface area (Å²) < 4.78 is 5.05. The molecule has 11 rings (SSSR count). The molecule has 0 bridgehead atoms. The molecule has 0 saturated carbocycles. The van der Waals surface area contributed by atoms with Gasteiger partial charge in [0.05, 0.1) is 28.1 Å². The van der Waals surface area contributed by atoms with E-state index in [1.165, 1.54) is 75.0 Å². The second kappa shape index (κ2) is 12.9. The van der Waals surface area contributed by atoms with Crippen LogP contribution in [0.15, 0.2) is 206 Å². The van der Waals surface area contributed by atoms with Crippen molar-refractivity contribution in [1.82, 2.24) is 4.57 Å². The highest BCUT2D eigenvalue weighted by molar-refractivity contribution is 7.25. The average Bonchev–Trinajstić information content (AvgIpc) is 3.80. The Morgan fingerprint density at radius 2 is 0.927 bits per heavy atom. The zero-order chi connectivity index (χ0) is 36.3. The first kappa shape index (κ1) is 31.6. The molecule has 0 aliphatic rings. The van der Waals surface area contributed by atoms with Crippen molar-refractivity contribution in [2.75, 3.05) is 4.90 Å². The number of hydrogen-bond acceptors (Lipinski definition) is 2. The monoisotopic (exact) mass is 718 g/mol. The van der Waals surface area contributed by atoms with Gasteiger partial charge in [-0.3, -0.25) is 0 Å². The van der Waals surface area contributed by atoms with Crippen LogP contribution in [-0.2, 0) is 0 Å². The molecule has 0 aliphatic carbocycles. The van der Waals surface area contributed by atoms with Gasteiger partial charge in [0.25, 0.3) is 0 Å². The molecular formula is C52H34N2S. The summed E-state index contributed by atoms with van der Waals surface area (Å²) in [6.07, 6.45) is 0. The second-order valence-electron chi connectivity index (χ2n) is 14.1. The van der Waals surface area contributed by atoms with Gasteiger partial charge in [0.2, 0.25) is 0 Å². The van der Waals surface area contributed by atoms with Gasteiger partial charge < -0.3 is 9.47 Å². The number of fused-ring (bicyclic) bond motifs is 7. The Balaban J connectivity index is 1.15. The SMILES string of the molecule is c1ccc(N(c2ccc(-c3cccc4ccccc34)cc2)c2ccccc2-n2c3ccccc3c3ccccc32)c(-c2ccc3c(c2)sc2ccccc23)c1. The van der Waals surface area contributed by atoms with Gasteiger partial charge in [-0.25, -0.2) is 0 Å². The van der Waals surface area contributed by atoms with E-state index in [0.717, 1.165) is 22.7 Å². The summed E-state index contributed by atoms with van der Waals surface area (Å²) in [4.78, 5) is 2.45. The van der Waals surface area contributed by atoms with Crippen LogP contribution in [0.2, 0.25) is 0 Å². The Hall–Kier alpha value is -6.94. The zero-order valence-electron chi connectivity index (χ0n) is 29.9. The summed E-state index contributed by atoms with van der Waals surface area (Å²) in [5, 5.41) is 7.62. The highest BCUT2D eigenvalue weighted by atomic mass is 32.1. The summed E-state index contributed by atoms with van der Waals surface area (Å²) in [6, 6.07) is 75.3. The summed E-state index contributed by atoms with van der Waals surface area (Å²) >= 11 is 1.86. The molecule has 55 heavy (non-hydrogen) atoms. The van der Waals surface area contributed by atoms with E-state index in [9.17, 15) is 0 Å². The van der Waals surface area contributed by atoms with Crippen LogP contribution in [0, 0.1) is 0 Å². The fourth-order valence-corrected chi connectivity index (χ4v) is 9.65. The van der Waals surface area contributed by atoms with E-state index in [0.29, 0.717) is 0 Å². The van der Waals surface area contributed by atoms with Crippen molar-refractivity contribution in [3.05, 3.63) is 206 Å². The lowest BCUT2D eigenvalue weighted by Gasteiger charge is -2.30. The van der Waals surface area contributed by atoms with Crippen LogP contribution < -0.4 is 4.90 Å². The first-order valence-corrected chi connectivity index (χ1v) is 19.6. The van der Waals surface area contributed by atoms with Crippen LogP contribution in [0.3, 0.4) is 0 Å². The molecule has 11 aromatic rings. The predicted octanol–water partition coefficient (Wildman–Crippen LogP) is 15.1. The molecule has 258 valence electrons. The Morgan fingerprint density at radius 3 is 1.73 bits per heavy atom. The van der Waals surface area contributed by atoms with Crippen molar-refractivity contribution in [3.8, 4) is 27.9 Å². The molecule has 0 aliphatic heterocycles. The third kappa shape index (κ3) is 5.16. The maximum atomic E-state index is 2.45. The lowest BCUT2D eigenvalue weighted by molar-refractivity contribution is 1.15. The predicted molar refractivity (Wildman–Crippen MR) is 237 cm³/mol. The van der Waals surface area contributed by atoms with Crippen molar-refractivity contribution in [2.45, 2.75) is 0 Å². The molecule has 0 fully saturated rings. The van der Waals surface area contributed by atoms with Gasteiger partial charge >= 0.3 is 0 Å². The minimum atomic E-state index is 1.09. The van der Waals surface area contributed by atoms with Crippen molar-refractivity contribution < 1.29 is 0 Å². The van der Waals surface area contributed by atoms with Gasteiger partial charge in [-0.1, -0.05) is 152 Å². The van der Waals surface area contributed by atoms with Crippen LogP contribution >= 0.6 is 11.3 Å². The zero-order valence-corrected chi connectivity index (χ0v) is 30.7. The number of benzene rings is 9. The third-order valence-electron chi connectivity index (χ3n) is 11.0. The highest BCUT2D eigenvalue weighted by Gasteiger charge is 2.23. The highest BCUT2D eigenvalue weighted by Crippen LogP contribution is 2.46. The summed E-state index contributed by atoms with van der Waals surface area (Å²) in [6.45, 7) is 0. The van der Waals surface area contributed by atoms with Gasteiger partial charge in [0.1, 0.15) is 0 Å². The second-order valence-corrected chi connectivity index (χ2v) is 15.2. The van der Waals surface area contributed by atoms with E-state index in [-0.39, 0.29) is 0 Å². The Morgan fingerprint density at radius 1 is 0.364 bits per heavy atom. The first-order valence-electron chi connectivity index (χ1n) is 18.8. The Kier molecular flexibility index (Phi) is 7.39. The van der Waals surface area contributed by atoms with Crippen LogP contribution in [0.5, 0.6) is 0 Å². The van der Waals surface area contributed by atoms with Crippen molar-refractivity contribution in [1.29, 1.82) is 0 Å². The third-order valence-corrected chi connectivity index (χ3v) is 12.1. The first-order chi connectivity index (χ1) is 27.3. The number of nitrogens with zero attached hydrogens (tertiary/aromatic N) is 2. The van der Waals surface area contributed by atoms with Crippen molar-refractivity contribution in [2.24, 2.45) is 0 Å². The van der Waals surface area contributed by atoms with Crippen molar-refractivity contribution >= 4 is 81.1 Å². The fourth-order valence-electron chi connectivity index (χ4n) is 8.51. The van der Waals surface area contributed by atoms with E-state index < -0.39 is 0 Å². The lowest BCUT2D eigenvalue weighted by Crippen LogP contribution is -2.14. The number of hydrogen-bond donors (Lipinski definition) is 0. The standard InChI is InChI=1S/C52H34N2S/c1-2-16-39-35(14-1)15-13-21-40(39)36-28-31-38(32-29-36)53(46-22-7-3-17-41(46)37-30-33-45-44-20-6-12-27-51(44)55-52(45)34-37)49-25-10-11-26-50(49)54-47-23-8-4-18-42(47)43-19-5-9-24-48(43)54/h1-34H. The number of para-hydroxylation sites is 5. The van der Waals surface area contributed by atoms with E-state index in [1.54, 1.807) is 0 Å². The Labute approximate surface area is 323 Å².